The number of hydrogen-bond donors (Lipinski definition) is 1. The van der Waals surface area contributed by atoms with Gasteiger partial charge in [0, 0.05) is 11.1 Å². The van der Waals surface area contributed by atoms with Crippen LogP contribution in [-0.4, -0.2) is 29.6 Å². The van der Waals surface area contributed by atoms with E-state index in [0.29, 0.717) is 21.4 Å². The number of thiophene rings is 1. The Bertz CT molecular complexity index is 1450. The number of hydrogen-bond acceptors (Lipinski definition) is 5. The Kier molecular flexibility index (Phi) is 6.22. The highest BCUT2D eigenvalue weighted by molar-refractivity contribution is 7.90. The van der Waals surface area contributed by atoms with Gasteiger partial charge >= 0.3 is 0 Å². The largest absolute Gasteiger partial charge is 0.384 e. The van der Waals surface area contributed by atoms with E-state index >= 15 is 0 Å². The van der Waals surface area contributed by atoms with E-state index in [1.165, 1.54) is 17.6 Å². The summed E-state index contributed by atoms with van der Waals surface area (Å²) in [5.41, 5.74) is 2.34. The van der Waals surface area contributed by atoms with Crippen LogP contribution in [0.5, 0.6) is 0 Å². The van der Waals surface area contributed by atoms with Crippen LogP contribution in [0.25, 0.3) is 26.7 Å². The fourth-order valence-electron chi connectivity index (χ4n) is 3.46. The van der Waals surface area contributed by atoms with Crippen molar-refractivity contribution in [3.05, 3.63) is 75.9 Å². The lowest BCUT2D eigenvalue weighted by molar-refractivity contribution is 0.0734. The minimum Gasteiger partial charge on any atom is -0.384 e. The summed E-state index contributed by atoms with van der Waals surface area (Å²) in [7, 11) is -3.32. The lowest BCUT2D eigenvalue weighted by atomic mass is 10.1. The van der Waals surface area contributed by atoms with E-state index in [2.05, 4.69) is 5.10 Å². The second kappa shape index (κ2) is 8.56. The average molecular weight is 521 g/mol. The molecule has 0 saturated heterocycles. The van der Waals surface area contributed by atoms with Crippen LogP contribution in [0, 0.1) is 6.92 Å². The van der Waals surface area contributed by atoms with Crippen molar-refractivity contribution in [2.75, 3.05) is 6.26 Å². The molecule has 4 rings (SSSR count). The van der Waals surface area contributed by atoms with Crippen molar-refractivity contribution in [1.29, 1.82) is 0 Å². The fourth-order valence-corrected chi connectivity index (χ4v) is 5.86. The van der Waals surface area contributed by atoms with Crippen LogP contribution < -0.4 is 0 Å². The Morgan fingerprint density at radius 1 is 1.03 bits per heavy atom. The number of halogens is 2. The molecule has 1 N–H and O–H groups in total. The molecule has 0 aliphatic carbocycles. The number of sulfone groups is 1. The van der Waals surface area contributed by atoms with Crippen LogP contribution in [0.1, 0.15) is 25.1 Å². The van der Waals surface area contributed by atoms with Gasteiger partial charge in [-0.1, -0.05) is 41.4 Å². The molecule has 172 valence electrons. The van der Waals surface area contributed by atoms with Crippen LogP contribution in [-0.2, 0) is 15.4 Å². The average Bonchev–Trinajstić information content (AvgIpc) is 3.31. The molecule has 0 spiro atoms. The van der Waals surface area contributed by atoms with E-state index in [9.17, 15) is 13.5 Å². The van der Waals surface area contributed by atoms with Crippen molar-refractivity contribution in [2.24, 2.45) is 0 Å². The summed E-state index contributed by atoms with van der Waals surface area (Å²) in [4.78, 5) is 2.09. The van der Waals surface area contributed by atoms with Crippen molar-refractivity contribution in [1.82, 2.24) is 9.78 Å². The quantitative estimate of drug-likeness (QED) is 0.325. The fraction of sp³-hybridized carbons (Fsp3) is 0.208. The second-order valence-corrected chi connectivity index (χ2v) is 12.3. The van der Waals surface area contributed by atoms with Gasteiger partial charge in [-0.25, -0.2) is 13.1 Å². The lowest BCUT2D eigenvalue weighted by Crippen LogP contribution is -2.16. The molecular weight excluding hydrogens is 499 g/mol. The van der Waals surface area contributed by atoms with Gasteiger partial charge in [0.15, 0.2) is 9.84 Å². The molecule has 9 heteroatoms. The molecular formula is C24H22Cl2N2O3S2. The van der Waals surface area contributed by atoms with Gasteiger partial charge in [0.2, 0.25) is 0 Å². The summed E-state index contributed by atoms with van der Waals surface area (Å²) in [6.07, 6.45) is 1.20. The third-order valence-electron chi connectivity index (χ3n) is 5.18. The molecule has 0 aliphatic rings. The third kappa shape index (κ3) is 4.74. The van der Waals surface area contributed by atoms with Gasteiger partial charge in [0.05, 0.1) is 31.2 Å². The first kappa shape index (κ1) is 24.0. The second-order valence-electron chi connectivity index (χ2n) is 8.38. The topological polar surface area (TPSA) is 72.2 Å². The van der Waals surface area contributed by atoms with Crippen LogP contribution in [0.2, 0.25) is 10.0 Å². The summed E-state index contributed by atoms with van der Waals surface area (Å²) in [6.45, 7) is 5.31. The first-order valence-electron chi connectivity index (χ1n) is 10.0. The third-order valence-corrected chi connectivity index (χ3v) is 8.21. The number of benzene rings is 2. The van der Waals surface area contributed by atoms with Crippen LogP contribution in [0.15, 0.2) is 59.5 Å². The smallest absolute Gasteiger partial charge is 0.175 e. The molecule has 0 saturated carbocycles. The zero-order valence-electron chi connectivity index (χ0n) is 18.4. The maximum atomic E-state index is 12.0. The van der Waals surface area contributed by atoms with Gasteiger partial charge in [-0.05, 0) is 68.3 Å². The van der Waals surface area contributed by atoms with Crippen molar-refractivity contribution in [3.8, 4) is 26.7 Å². The van der Waals surface area contributed by atoms with Gasteiger partial charge in [-0.15, -0.1) is 11.3 Å². The summed E-state index contributed by atoms with van der Waals surface area (Å²) >= 11 is 14.5. The minimum atomic E-state index is -3.32. The SMILES string of the molecule is Cc1cc(-c2cccc(S(C)(=O)=O)c2)sc1-c1cc(C(C)(C)O)nn1-c1c(Cl)cccc1Cl. The number of rotatable bonds is 5. The summed E-state index contributed by atoms with van der Waals surface area (Å²) < 4.78 is 25.7. The maximum absolute atomic E-state index is 12.0. The van der Waals surface area contributed by atoms with Crippen molar-refractivity contribution >= 4 is 44.4 Å². The highest BCUT2D eigenvalue weighted by Crippen LogP contribution is 2.42. The molecule has 4 aromatic rings. The predicted octanol–water partition coefficient (Wildman–Crippen LogP) is 6.51. The van der Waals surface area contributed by atoms with Crippen molar-refractivity contribution < 1.29 is 13.5 Å². The molecule has 33 heavy (non-hydrogen) atoms. The Hall–Kier alpha value is -2.16. The molecule has 0 unspecified atom stereocenters. The first-order valence-corrected chi connectivity index (χ1v) is 13.5. The zero-order chi connectivity index (χ0) is 24.1. The van der Waals surface area contributed by atoms with Crippen molar-refractivity contribution in [3.63, 3.8) is 0 Å². The minimum absolute atomic E-state index is 0.268. The summed E-state index contributed by atoms with van der Waals surface area (Å²) in [5, 5.41) is 16.1. The predicted molar refractivity (Wildman–Crippen MR) is 135 cm³/mol. The van der Waals surface area contributed by atoms with E-state index < -0.39 is 15.4 Å². The molecule has 2 aromatic heterocycles. The van der Waals surface area contributed by atoms with E-state index in [-0.39, 0.29) is 4.90 Å². The number of aryl methyl sites for hydroxylation is 1. The van der Waals surface area contributed by atoms with Gasteiger partial charge in [0.25, 0.3) is 0 Å². The maximum Gasteiger partial charge on any atom is 0.175 e. The van der Waals surface area contributed by atoms with Crippen LogP contribution in [0.4, 0.5) is 0 Å². The van der Waals surface area contributed by atoms with E-state index in [1.54, 1.807) is 54.9 Å². The molecule has 2 aromatic carbocycles. The van der Waals surface area contributed by atoms with Gasteiger partial charge < -0.3 is 5.11 Å². The van der Waals surface area contributed by atoms with E-state index in [1.807, 2.05) is 25.1 Å². The molecule has 0 bridgehead atoms. The Labute approximate surface area is 207 Å². The molecule has 0 amide bonds. The van der Waals surface area contributed by atoms with Crippen molar-refractivity contribution in [2.45, 2.75) is 31.3 Å². The number of nitrogens with zero attached hydrogens (tertiary/aromatic N) is 2. The first-order chi connectivity index (χ1) is 15.4. The zero-order valence-corrected chi connectivity index (χ0v) is 21.6. The molecule has 5 nitrogen and oxygen atoms in total. The Balaban J connectivity index is 1.92. The number of aliphatic hydroxyl groups is 1. The molecule has 0 atom stereocenters. The highest BCUT2D eigenvalue weighted by Gasteiger charge is 2.26. The summed E-state index contributed by atoms with van der Waals surface area (Å²) in [5.74, 6) is 0. The standard InChI is InChI=1S/C24H22Cl2N2O3S2/c1-14-11-20(15-7-5-8-16(12-15)33(4,30)31)32-23(14)19-13-21(24(2,3)29)27-28(19)22-17(25)9-6-10-18(22)26/h5-13,29H,1-4H3. The Morgan fingerprint density at radius 3 is 2.27 bits per heavy atom. The number of aromatic nitrogens is 2. The normalized spacial score (nSPS) is 12.3. The highest BCUT2D eigenvalue weighted by atomic mass is 35.5. The molecule has 0 fully saturated rings. The van der Waals surface area contributed by atoms with Gasteiger partial charge in [-0.2, -0.15) is 5.10 Å². The molecule has 0 radical (unpaired) electrons. The molecule has 2 heterocycles. The van der Waals surface area contributed by atoms with Gasteiger partial charge in [0.1, 0.15) is 11.3 Å². The Morgan fingerprint density at radius 2 is 1.67 bits per heavy atom. The molecule has 0 aliphatic heterocycles. The number of para-hydroxylation sites is 1. The summed E-state index contributed by atoms with van der Waals surface area (Å²) in [6, 6.07) is 16.0. The van der Waals surface area contributed by atoms with E-state index in [0.717, 1.165) is 26.6 Å². The van der Waals surface area contributed by atoms with Crippen LogP contribution >= 0.6 is 34.5 Å². The monoisotopic (exact) mass is 520 g/mol. The van der Waals surface area contributed by atoms with E-state index in [4.69, 9.17) is 23.2 Å². The van der Waals surface area contributed by atoms with Crippen LogP contribution in [0.3, 0.4) is 0 Å². The van der Waals surface area contributed by atoms with Gasteiger partial charge in [-0.3, -0.25) is 0 Å². The lowest BCUT2D eigenvalue weighted by Gasteiger charge is -2.13.